The van der Waals surface area contributed by atoms with Crippen molar-refractivity contribution in [2.24, 2.45) is 0 Å². The van der Waals surface area contributed by atoms with Gasteiger partial charge in [0.05, 0.1) is 11.3 Å². The molecule has 2 aliphatic heterocycles. The van der Waals surface area contributed by atoms with Crippen LogP contribution in [0.3, 0.4) is 0 Å². The van der Waals surface area contributed by atoms with E-state index >= 15 is 0 Å². The van der Waals surface area contributed by atoms with E-state index in [1.165, 1.54) is 16.7 Å². The first-order chi connectivity index (χ1) is 17.5. The Kier molecular flexibility index (Phi) is 6.19. The number of rotatable bonds is 4. The summed E-state index contributed by atoms with van der Waals surface area (Å²) < 4.78 is 12.1. The van der Waals surface area contributed by atoms with Gasteiger partial charge in [-0.15, -0.1) is 0 Å². The lowest BCUT2D eigenvalue weighted by Gasteiger charge is -2.34. The molecule has 37 heavy (non-hydrogen) atoms. The molecular formula is C31H36N2O4. The summed E-state index contributed by atoms with van der Waals surface area (Å²) in [6.45, 7) is 16.0. The molecule has 0 spiro atoms. The topological polar surface area (TPSA) is 79.8 Å². The van der Waals surface area contributed by atoms with E-state index in [1.54, 1.807) is 0 Å². The summed E-state index contributed by atoms with van der Waals surface area (Å²) in [5, 5.41) is 17.6. The Bertz CT molecular complexity index is 1420. The third kappa shape index (κ3) is 4.33. The van der Waals surface area contributed by atoms with Crippen molar-refractivity contribution < 1.29 is 19.4 Å². The minimum atomic E-state index is -1.13. The molecular weight excluding hydrogens is 464 g/mol. The van der Waals surface area contributed by atoms with Crippen molar-refractivity contribution in [1.82, 2.24) is 0 Å². The van der Waals surface area contributed by atoms with E-state index in [0.29, 0.717) is 18.7 Å². The van der Waals surface area contributed by atoms with Gasteiger partial charge in [0.25, 0.3) is 0 Å². The molecule has 0 fully saturated rings. The van der Waals surface area contributed by atoms with Crippen molar-refractivity contribution in [1.29, 1.82) is 0 Å². The molecule has 0 aromatic heterocycles. The van der Waals surface area contributed by atoms with E-state index in [-0.39, 0.29) is 0 Å². The monoisotopic (exact) mass is 500 g/mol. The lowest BCUT2D eigenvalue weighted by atomic mass is 9.79. The van der Waals surface area contributed by atoms with Gasteiger partial charge in [0.2, 0.25) is 0 Å². The van der Waals surface area contributed by atoms with Crippen LogP contribution < -0.4 is 15.4 Å². The van der Waals surface area contributed by atoms with Gasteiger partial charge in [0.1, 0.15) is 12.4 Å². The van der Waals surface area contributed by atoms with Gasteiger partial charge in [-0.3, -0.25) is 0 Å². The first-order valence-electron chi connectivity index (χ1n) is 12.9. The van der Waals surface area contributed by atoms with Crippen molar-refractivity contribution >= 4 is 17.3 Å². The second-order valence-corrected chi connectivity index (χ2v) is 11.1. The summed E-state index contributed by atoms with van der Waals surface area (Å²) in [4.78, 5) is 12.8. The molecule has 0 unspecified atom stereocenters. The van der Waals surface area contributed by atoms with Gasteiger partial charge < -0.3 is 25.2 Å². The van der Waals surface area contributed by atoms with Crippen LogP contribution in [0.5, 0.6) is 5.75 Å². The summed E-state index contributed by atoms with van der Waals surface area (Å²) >= 11 is 0. The zero-order chi connectivity index (χ0) is 26.6. The highest BCUT2D eigenvalue weighted by atomic mass is 16.5. The SMILES string of the molecule is Cc1ccc2c(c1)-c1c(C)c(-c3ccc4c(c3C)NCCO4)c([C@H](OC(C)(C)C)C(=O)O)c(C)c1NC2. The molecule has 1 atom stereocenters. The highest BCUT2D eigenvalue weighted by Crippen LogP contribution is 2.50. The molecule has 6 heteroatoms. The molecule has 0 radical (unpaired) electrons. The van der Waals surface area contributed by atoms with E-state index in [2.05, 4.69) is 55.7 Å². The Morgan fingerprint density at radius 2 is 1.70 bits per heavy atom. The Hall–Kier alpha value is -3.51. The van der Waals surface area contributed by atoms with E-state index < -0.39 is 17.7 Å². The fraction of sp³-hybridized carbons (Fsp3) is 0.387. The Morgan fingerprint density at radius 3 is 2.41 bits per heavy atom. The number of carboxylic acid groups (broad SMARTS) is 1. The van der Waals surface area contributed by atoms with Crippen LogP contribution in [0, 0.1) is 27.7 Å². The molecule has 3 aromatic carbocycles. The number of ether oxygens (including phenoxy) is 2. The van der Waals surface area contributed by atoms with Crippen molar-refractivity contribution in [2.45, 2.75) is 66.7 Å². The average Bonchev–Trinajstić information content (AvgIpc) is 2.84. The molecule has 3 N–H and O–H groups in total. The molecule has 194 valence electrons. The number of aryl methyl sites for hydroxylation is 1. The third-order valence-corrected chi connectivity index (χ3v) is 7.35. The molecule has 2 heterocycles. The number of hydrogen-bond acceptors (Lipinski definition) is 5. The summed E-state index contributed by atoms with van der Waals surface area (Å²) in [5.41, 5.74) is 11.6. The van der Waals surface area contributed by atoms with Crippen LogP contribution in [0.1, 0.15) is 60.3 Å². The molecule has 0 amide bonds. The van der Waals surface area contributed by atoms with Crippen LogP contribution in [-0.2, 0) is 16.1 Å². The van der Waals surface area contributed by atoms with E-state index in [4.69, 9.17) is 9.47 Å². The number of benzene rings is 3. The largest absolute Gasteiger partial charge is 0.490 e. The fourth-order valence-electron chi connectivity index (χ4n) is 5.74. The number of carbonyl (C=O) groups is 1. The van der Waals surface area contributed by atoms with Crippen LogP contribution in [0.25, 0.3) is 22.3 Å². The standard InChI is InChI=1S/C31H36N2O4/c1-16-8-9-20-15-33-28-19(4)26(29(30(34)35)37-31(5,6)7)24(18(3)25(28)22(20)14-16)21-10-11-23-27(17(21)2)32-12-13-36-23/h8-11,14,29,32-33H,12-13,15H2,1-7H3,(H,34,35)/t29-/m0/s1. The minimum Gasteiger partial charge on any atom is -0.490 e. The van der Waals surface area contributed by atoms with Crippen LogP contribution >= 0.6 is 0 Å². The van der Waals surface area contributed by atoms with Gasteiger partial charge in [-0.2, -0.15) is 0 Å². The maximum atomic E-state index is 12.8. The molecule has 0 saturated carbocycles. The highest BCUT2D eigenvalue weighted by molar-refractivity contribution is 5.97. The van der Waals surface area contributed by atoms with Crippen LogP contribution in [0.15, 0.2) is 30.3 Å². The average molecular weight is 501 g/mol. The van der Waals surface area contributed by atoms with E-state index in [9.17, 15) is 9.90 Å². The van der Waals surface area contributed by atoms with Crippen LogP contribution in [0.2, 0.25) is 0 Å². The molecule has 0 saturated heterocycles. The molecule has 0 aliphatic carbocycles. The summed E-state index contributed by atoms with van der Waals surface area (Å²) in [5.74, 6) is -0.174. The number of carboxylic acids is 1. The predicted molar refractivity (Wildman–Crippen MR) is 149 cm³/mol. The number of anilines is 2. The van der Waals surface area contributed by atoms with Gasteiger partial charge in [-0.25, -0.2) is 4.79 Å². The lowest BCUT2D eigenvalue weighted by molar-refractivity contribution is -0.160. The second kappa shape index (κ2) is 9.10. The molecule has 0 bridgehead atoms. The zero-order valence-electron chi connectivity index (χ0n) is 22.8. The van der Waals surface area contributed by atoms with Crippen LogP contribution in [-0.4, -0.2) is 29.8 Å². The Balaban J connectivity index is 1.88. The smallest absolute Gasteiger partial charge is 0.337 e. The number of hydrogen-bond donors (Lipinski definition) is 3. The van der Waals surface area contributed by atoms with Crippen molar-refractivity contribution in [3.8, 4) is 28.0 Å². The Morgan fingerprint density at radius 1 is 0.946 bits per heavy atom. The van der Waals surface area contributed by atoms with Crippen molar-refractivity contribution in [2.75, 3.05) is 23.8 Å². The van der Waals surface area contributed by atoms with Crippen molar-refractivity contribution in [3.05, 3.63) is 63.7 Å². The van der Waals surface area contributed by atoms with E-state index in [0.717, 1.165) is 57.0 Å². The van der Waals surface area contributed by atoms with Gasteiger partial charge >= 0.3 is 5.97 Å². The zero-order valence-corrected chi connectivity index (χ0v) is 22.8. The maximum absolute atomic E-state index is 12.8. The quantitative estimate of drug-likeness (QED) is 0.361. The first-order valence-corrected chi connectivity index (χ1v) is 12.9. The Labute approximate surface area is 219 Å². The van der Waals surface area contributed by atoms with Gasteiger partial charge in [0.15, 0.2) is 6.10 Å². The fourth-order valence-corrected chi connectivity index (χ4v) is 5.74. The summed E-state index contributed by atoms with van der Waals surface area (Å²) in [7, 11) is 0. The number of aliphatic carboxylic acids is 1. The summed E-state index contributed by atoms with van der Waals surface area (Å²) in [6.07, 6.45) is -1.13. The normalized spacial score (nSPS) is 14.9. The number of fused-ring (bicyclic) bond motifs is 4. The maximum Gasteiger partial charge on any atom is 0.337 e. The molecule has 6 nitrogen and oxygen atoms in total. The van der Waals surface area contributed by atoms with E-state index in [1.807, 2.05) is 33.8 Å². The first kappa shape index (κ1) is 25.2. The van der Waals surface area contributed by atoms with Crippen molar-refractivity contribution in [3.63, 3.8) is 0 Å². The van der Waals surface area contributed by atoms with Gasteiger partial charge in [-0.1, -0.05) is 29.8 Å². The highest BCUT2D eigenvalue weighted by Gasteiger charge is 2.35. The van der Waals surface area contributed by atoms with Crippen LogP contribution in [0.4, 0.5) is 11.4 Å². The summed E-state index contributed by atoms with van der Waals surface area (Å²) in [6, 6.07) is 10.6. The van der Waals surface area contributed by atoms with Gasteiger partial charge in [0, 0.05) is 29.9 Å². The number of nitrogens with one attached hydrogen (secondary N) is 2. The third-order valence-electron chi connectivity index (χ3n) is 7.35. The predicted octanol–water partition coefficient (Wildman–Crippen LogP) is 6.92. The minimum absolute atomic E-state index is 0.621. The molecule has 2 aliphatic rings. The second-order valence-electron chi connectivity index (χ2n) is 11.1. The molecule has 3 aromatic rings. The van der Waals surface area contributed by atoms with Gasteiger partial charge in [-0.05, 0) is 93.5 Å². The lowest BCUT2D eigenvalue weighted by Crippen LogP contribution is -2.29. The molecule has 5 rings (SSSR count).